The molecule has 2 amide bonds. The van der Waals surface area contributed by atoms with E-state index in [0.29, 0.717) is 0 Å². The molecule has 0 radical (unpaired) electrons. The van der Waals surface area contributed by atoms with Crippen LogP contribution in [0.1, 0.15) is 48.0 Å². The van der Waals surface area contributed by atoms with Gasteiger partial charge in [-0.2, -0.15) is 0 Å². The molecular formula is C14H26N2O4. The number of carbonyl (C=O) groups excluding carboxylic acids is 2. The fourth-order valence-electron chi connectivity index (χ4n) is 1.44. The number of carbonyl (C=O) groups is 3. The molecule has 0 aromatic carbocycles. The third kappa shape index (κ3) is 6.54. The van der Waals surface area contributed by atoms with E-state index in [2.05, 4.69) is 10.6 Å². The van der Waals surface area contributed by atoms with E-state index < -0.39 is 22.8 Å². The van der Waals surface area contributed by atoms with Crippen molar-refractivity contribution in [3.8, 4) is 0 Å². The van der Waals surface area contributed by atoms with E-state index in [4.69, 9.17) is 5.11 Å². The van der Waals surface area contributed by atoms with E-state index >= 15 is 0 Å². The van der Waals surface area contributed by atoms with Gasteiger partial charge in [0.15, 0.2) is 0 Å². The van der Waals surface area contributed by atoms with Crippen LogP contribution in [-0.2, 0) is 14.4 Å². The Morgan fingerprint density at radius 3 is 1.90 bits per heavy atom. The van der Waals surface area contributed by atoms with Gasteiger partial charge in [-0.05, 0) is 5.41 Å². The highest BCUT2D eigenvalue weighted by Gasteiger charge is 2.32. The van der Waals surface area contributed by atoms with Crippen LogP contribution in [0.5, 0.6) is 0 Å². The second-order valence-corrected chi connectivity index (χ2v) is 6.96. The molecule has 0 aromatic rings. The molecule has 0 rings (SSSR count). The third-order valence-corrected chi connectivity index (χ3v) is 2.74. The summed E-state index contributed by atoms with van der Waals surface area (Å²) in [4.78, 5) is 34.4. The van der Waals surface area contributed by atoms with Crippen LogP contribution in [0.15, 0.2) is 0 Å². The van der Waals surface area contributed by atoms with Gasteiger partial charge in [-0.25, -0.2) is 4.79 Å². The van der Waals surface area contributed by atoms with Crippen molar-refractivity contribution < 1.29 is 19.5 Å². The van der Waals surface area contributed by atoms with Crippen molar-refractivity contribution in [1.29, 1.82) is 0 Å². The number of rotatable bonds is 5. The summed E-state index contributed by atoms with van der Waals surface area (Å²) in [5.41, 5.74) is -1.08. The van der Waals surface area contributed by atoms with Crippen molar-refractivity contribution in [3.05, 3.63) is 0 Å². The zero-order valence-electron chi connectivity index (χ0n) is 13.2. The molecule has 0 aliphatic rings. The molecule has 1 atom stereocenters. The topological polar surface area (TPSA) is 95.5 Å². The number of carboxylic acid groups (broad SMARTS) is 1. The Hall–Kier alpha value is -1.59. The van der Waals surface area contributed by atoms with Crippen LogP contribution < -0.4 is 10.6 Å². The van der Waals surface area contributed by atoms with Crippen molar-refractivity contribution in [2.45, 2.75) is 54.0 Å². The lowest BCUT2D eigenvalue weighted by molar-refractivity contribution is -0.145. The first-order valence-electron chi connectivity index (χ1n) is 6.66. The van der Waals surface area contributed by atoms with Crippen LogP contribution in [-0.4, -0.2) is 35.5 Å². The summed E-state index contributed by atoms with van der Waals surface area (Å²) in [6, 6.07) is -0.951. The van der Waals surface area contributed by atoms with E-state index in [1.54, 1.807) is 41.5 Å². The average Bonchev–Trinajstić information content (AvgIpc) is 2.22. The van der Waals surface area contributed by atoms with E-state index in [0.717, 1.165) is 0 Å². The van der Waals surface area contributed by atoms with Crippen LogP contribution in [0.25, 0.3) is 0 Å². The fraction of sp³-hybridized carbons (Fsp3) is 0.786. The second-order valence-electron chi connectivity index (χ2n) is 6.96. The molecule has 6 nitrogen and oxygen atoms in total. The molecule has 0 saturated heterocycles. The first-order valence-corrected chi connectivity index (χ1v) is 6.66. The summed E-state index contributed by atoms with van der Waals surface area (Å²) in [7, 11) is 0. The summed E-state index contributed by atoms with van der Waals surface area (Å²) >= 11 is 0. The monoisotopic (exact) mass is 286 g/mol. The highest BCUT2D eigenvalue weighted by molar-refractivity contribution is 5.85. The van der Waals surface area contributed by atoms with Crippen molar-refractivity contribution >= 4 is 17.8 Å². The number of carboxylic acids is 1. The van der Waals surface area contributed by atoms with Gasteiger partial charge < -0.3 is 15.7 Å². The summed E-state index contributed by atoms with van der Waals surface area (Å²) in [5, 5.41) is 14.2. The molecule has 0 aliphatic heterocycles. The first-order chi connectivity index (χ1) is 8.85. The van der Waals surface area contributed by atoms with Gasteiger partial charge >= 0.3 is 5.97 Å². The van der Waals surface area contributed by atoms with Crippen LogP contribution in [0.4, 0.5) is 0 Å². The molecular weight excluding hydrogens is 260 g/mol. The number of nitrogens with one attached hydrogen (secondary N) is 2. The molecule has 3 N–H and O–H groups in total. The largest absolute Gasteiger partial charge is 0.480 e. The normalized spacial score (nSPS) is 13.5. The van der Waals surface area contributed by atoms with Gasteiger partial charge in [-0.3, -0.25) is 9.59 Å². The maximum atomic E-state index is 11.7. The number of hydrogen-bond donors (Lipinski definition) is 3. The Balaban J connectivity index is 4.30. The molecule has 0 heterocycles. The summed E-state index contributed by atoms with van der Waals surface area (Å²) < 4.78 is 0. The van der Waals surface area contributed by atoms with Gasteiger partial charge in [-0.1, -0.05) is 41.5 Å². The van der Waals surface area contributed by atoms with E-state index in [9.17, 15) is 14.4 Å². The number of amides is 2. The highest BCUT2D eigenvalue weighted by atomic mass is 16.4. The average molecular weight is 286 g/mol. The number of aliphatic carboxylic acids is 1. The van der Waals surface area contributed by atoms with E-state index in [1.807, 2.05) is 0 Å². The molecule has 0 aromatic heterocycles. The summed E-state index contributed by atoms with van der Waals surface area (Å²) in [5.74, 6) is -1.60. The Morgan fingerprint density at radius 2 is 1.55 bits per heavy atom. The molecule has 0 bridgehead atoms. The number of hydrogen-bond acceptors (Lipinski definition) is 3. The minimum Gasteiger partial charge on any atom is -0.480 e. The van der Waals surface area contributed by atoms with Crippen LogP contribution in [0.3, 0.4) is 0 Å². The smallest absolute Gasteiger partial charge is 0.326 e. The highest BCUT2D eigenvalue weighted by Crippen LogP contribution is 2.19. The molecule has 20 heavy (non-hydrogen) atoms. The summed E-state index contributed by atoms with van der Waals surface area (Å²) in [6.45, 7) is 10.8. The van der Waals surface area contributed by atoms with Crippen molar-refractivity contribution in [3.63, 3.8) is 0 Å². The lowest BCUT2D eigenvalue weighted by atomic mass is 9.86. The molecule has 6 heteroatoms. The zero-order chi connectivity index (χ0) is 16.1. The quantitative estimate of drug-likeness (QED) is 0.706. The van der Waals surface area contributed by atoms with Gasteiger partial charge in [0.1, 0.15) is 6.04 Å². The molecule has 0 aliphatic carbocycles. The Morgan fingerprint density at radius 1 is 1.05 bits per heavy atom. The second kappa shape index (κ2) is 6.72. The standard InChI is InChI=1S/C14H26N2O4/c1-13(2,3)10(11(18)19)16-9(17)7-8-15-12(20)14(4,5)6/h10H,7-8H2,1-6H3,(H,15,20)(H,16,17)(H,18,19). The minimum absolute atomic E-state index is 0.0572. The van der Waals surface area contributed by atoms with Gasteiger partial charge in [0.2, 0.25) is 11.8 Å². The van der Waals surface area contributed by atoms with Crippen LogP contribution in [0.2, 0.25) is 0 Å². The van der Waals surface area contributed by atoms with Gasteiger partial charge in [0, 0.05) is 18.4 Å². The van der Waals surface area contributed by atoms with Gasteiger partial charge in [0.05, 0.1) is 0 Å². The molecule has 1 unspecified atom stereocenters. The minimum atomic E-state index is -1.07. The molecule has 0 spiro atoms. The summed E-state index contributed by atoms with van der Waals surface area (Å²) in [6.07, 6.45) is 0.0572. The van der Waals surface area contributed by atoms with Gasteiger partial charge in [0.25, 0.3) is 0 Å². The molecule has 0 saturated carbocycles. The SMILES string of the molecule is CC(C)(C)C(=O)NCCC(=O)NC(C(=O)O)C(C)(C)C. The maximum absolute atomic E-state index is 11.7. The Bertz CT molecular complexity index is 378. The molecule has 0 fully saturated rings. The zero-order valence-corrected chi connectivity index (χ0v) is 13.2. The van der Waals surface area contributed by atoms with Crippen LogP contribution >= 0.6 is 0 Å². The van der Waals surface area contributed by atoms with Crippen molar-refractivity contribution in [1.82, 2.24) is 10.6 Å². The van der Waals surface area contributed by atoms with Gasteiger partial charge in [-0.15, -0.1) is 0 Å². The Kier molecular flexibility index (Phi) is 6.19. The maximum Gasteiger partial charge on any atom is 0.326 e. The van der Waals surface area contributed by atoms with Crippen LogP contribution in [0, 0.1) is 10.8 Å². The third-order valence-electron chi connectivity index (χ3n) is 2.74. The Labute approximate surface area is 120 Å². The predicted octanol–water partition coefficient (Wildman–Crippen LogP) is 1.15. The predicted molar refractivity (Wildman–Crippen MR) is 76.1 cm³/mol. The lowest BCUT2D eigenvalue weighted by Crippen LogP contribution is -2.49. The lowest BCUT2D eigenvalue weighted by Gasteiger charge is -2.27. The van der Waals surface area contributed by atoms with E-state index in [-0.39, 0.29) is 24.8 Å². The molecule has 116 valence electrons. The first kappa shape index (κ1) is 18.4. The van der Waals surface area contributed by atoms with Crippen molar-refractivity contribution in [2.75, 3.05) is 6.54 Å². The van der Waals surface area contributed by atoms with Crippen molar-refractivity contribution in [2.24, 2.45) is 10.8 Å². The fourth-order valence-corrected chi connectivity index (χ4v) is 1.44. The van der Waals surface area contributed by atoms with E-state index in [1.165, 1.54) is 0 Å².